The first-order valence-electron chi connectivity index (χ1n) is 6.33. The maximum atomic E-state index is 12.3. The van der Waals surface area contributed by atoms with Crippen molar-refractivity contribution in [3.63, 3.8) is 0 Å². The molecule has 18 heavy (non-hydrogen) atoms. The van der Waals surface area contributed by atoms with Gasteiger partial charge < -0.3 is 9.47 Å². The molecule has 0 amide bonds. The topological polar surface area (TPSA) is 61.3 Å². The minimum absolute atomic E-state index is 0.0407. The number of hydrogen-bond acceptors (Lipinski definition) is 5. The van der Waals surface area contributed by atoms with Gasteiger partial charge in [0.15, 0.2) is 5.78 Å². The Labute approximate surface area is 106 Å². The number of hydrogen-bond donors (Lipinski definition) is 0. The number of carbonyl (C=O) groups is 1. The van der Waals surface area contributed by atoms with Crippen LogP contribution >= 0.6 is 0 Å². The Hall–Kier alpha value is -1.49. The molecule has 2 bridgehead atoms. The van der Waals surface area contributed by atoms with Crippen molar-refractivity contribution in [2.24, 2.45) is 5.92 Å². The van der Waals surface area contributed by atoms with Crippen LogP contribution in [0.4, 0.5) is 0 Å². The van der Waals surface area contributed by atoms with Crippen LogP contribution in [-0.2, 0) is 4.74 Å². The monoisotopic (exact) mass is 248 g/mol. The number of methoxy groups -OCH3 is 1. The van der Waals surface area contributed by atoms with Crippen LogP contribution in [0, 0.1) is 5.92 Å². The standard InChI is InChI=1S/C13H16N2O3/c1-17-12-5-4-11(14-15-12)13(16)8-6-9-2-3-10(7-8)18-9/h4-5,8-10H,2-3,6-7H2,1H3. The van der Waals surface area contributed by atoms with Crippen molar-refractivity contribution in [2.45, 2.75) is 37.9 Å². The average molecular weight is 248 g/mol. The predicted octanol–water partition coefficient (Wildman–Crippen LogP) is 1.63. The molecule has 2 aliphatic heterocycles. The first kappa shape index (κ1) is 11.6. The van der Waals surface area contributed by atoms with E-state index in [9.17, 15) is 4.79 Å². The minimum atomic E-state index is 0.0407. The summed E-state index contributed by atoms with van der Waals surface area (Å²) in [7, 11) is 1.53. The van der Waals surface area contributed by atoms with Crippen molar-refractivity contribution < 1.29 is 14.3 Å². The molecule has 2 saturated heterocycles. The van der Waals surface area contributed by atoms with Crippen molar-refractivity contribution in [3.8, 4) is 5.88 Å². The summed E-state index contributed by atoms with van der Waals surface area (Å²) in [6.07, 6.45) is 4.35. The maximum Gasteiger partial charge on any atom is 0.233 e. The van der Waals surface area contributed by atoms with Gasteiger partial charge in [0.2, 0.25) is 5.88 Å². The van der Waals surface area contributed by atoms with Crippen LogP contribution in [0.2, 0.25) is 0 Å². The lowest BCUT2D eigenvalue weighted by Crippen LogP contribution is -2.30. The van der Waals surface area contributed by atoms with Crippen molar-refractivity contribution in [1.29, 1.82) is 0 Å². The molecule has 0 saturated carbocycles. The molecule has 0 radical (unpaired) electrons. The maximum absolute atomic E-state index is 12.3. The highest BCUT2D eigenvalue weighted by molar-refractivity contribution is 5.96. The molecule has 5 nitrogen and oxygen atoms in total. The van der Waals surface area contributed by atoms with E-state index in [4.69, 9.17) is 9.47 Å². The fourth-order valence-electron chi connectivity index (χ4n) is 2.84. The minimum Gasteiger partial charge on any atom is -0.480 e. The second kappa shape index (κ2) is 4.65. The summed E-state index contributed by atoms with van der Waals surface area (Å²) in [4.78, 5) is 12.3. The van der Waals surface area contributed by atoms with Gasteiger partial charge in [-0.15, -0.1) is 10.2 Å². The predicted molar refractivity (Wildman–Crippen MR) is 63.5 cm³/mol. The molecule has 2 atom stereocenters. The van der Waals surface area contributed by atoms with Gasteiger partial charge >= 0.3 is 0 Å². The largest absolute Gasteiger partial charge is 0.480 e. The molecule has 2 fully saturated rings. The van der Waals surface area contributed by atoms with E-state index in [-0.39, 0.29) is 23.9 Å². The number of ether oxygens (including phenoxy) is 2. The molecule has 3 rings (SSSR count). The van der Waals surface area contributed by atoms with Crippen molar-refractivity contribution in [1.82, 2.24) is 10.2 Å². The number of Topliss-reactive ketones (excluding diaryl/α,β-unsaturated/α-hetero) is 1. The normalized spacial score (nSPS) is 30.2. The number of rotatable bonds is 3. The zero-order valence-electron chi connectivity index (χ0n) is 10.3. The van der Waals surface area contributed by atoms with Gasteiger partial charge in [-0.2, -0.15) is 0 Å². The van der Waals surface area contributed by atoms with Gasteiger partial charge in [0.05, 0.1) is 19.3 Å². The Kier molecular flexibility index (Phi) is 2.99. The van der Waals surface area contributed by atoms with Crippen molar-refractivity contribution in [2.75, 3.05) is 7.11 Å². The number of carbonyl (C=O) groups excluding carboxylic acids is 1. The van der Waals surface area contributed by atoms with Crippen LogP contribution in [0.1, 0.15) is 36.2 Å². The Morgan fingerprint density at radius 1 is 1.28 bits per heavy atom. The molecule has 0 spiro atoms. The summed E-state index contributed by atoms with van der Waals surface area (Å²) in [6, 6.07) is 3.36. The van der Waals surface area contributed by atoms with E-state index in [1.165, 1.54) is 7.11 Å². The van der Waals surface area contributed by atoms with Gasteiger partial charge in [-0.05, 0) is 31.7 Å². The quantitative estimate of drug-likeness (QED) is 0.761. The highest BCUT2D eigenvalue weighted by Gasteiger charge is 2.38. The average Bonchev–Trinajstić information content (AvgIpc) is 2.77. The van der Waals surface area contributed by atoms with E-state index in [1.54, 1.807) is 12.1 Å². The molecule has 3 heterocycles. The van der Waals surface area contributed by atoms with Crippen LogP contribution in [0.25, 0.3) is 0 Å². The summed E-state index contributed by atoms with van der Waals surface area (Å²) in [5.74, 6) is 0.558. The lowest BCUT2D eigenvalue weighted by Gasteiger charge is -2.26. The lowest BCUT2D eigenvalue weighted by molar-refractivity contribution is -0.0150. The van der Waals surface area contributed by atoms with Crippen molar-refractivity contribution >= 4 is 5.78 Å². The van der Waals surface area contributed by atoms with Gasteiger partial charge in [0.1, 0.15) is 5.69 Å². The third-order valence-electron chi connectivity index (χ3n) is 3.76. The van der Waals surface area contributed by atoms with E-state index in [1.807, 2.05) is 0 Å². The van der Waals surface area contributed by atoms with Crippen LogP contribution in [0.3, 0.4) is 0 Å². The van der Waals surface area contributed by atoms with E-state index in [0.29, 0.717) is 11.6 Å². The van der Waals surface area contributed by atoms with Crippen molar-refractivity contribution in [3.05, 3.63) is 17.8 Å². The lowest BCUT2D eigenvalue weighted by atomic mass is 9.90. The fourth-order valence-corrected chi connectivity index (χ4v) is 2.84. The number of ketones is 1. The summed E-state index contributed by atoms with van der Waals surface area (Å²) in [5.41, 5.74) is 0.433. The SMILES string of the molecule is COc1ccc(C(=O)C2CC3CCC(C2)O3)nn1. The Balaban J connectivity index is 1.73. The number of fused-ring (bicyclic) bond motifs is 2. The van der Waals surface area contributed by atoms with Crippen LogP contribution < -0.4 is 4.74 Å². The Morgan fingerprint density at radius 3 is 2.56 bits per heavy atom. The van der Waals surface area contributed by atoms with E-state index in [2.05, 4.69) is 10.2 Å². The molecule has 1 aromatic rings. The van der Waals surface area contributed by atoms with Crippen LogP contribution in [0.5, 0.6) is 5.88 Å². The molecule has 2 aliphatic rings. The second-order valence-electron chi connectivity index (χ2n) is 4.95. The van der Waals surface area contributed by atoms with E-state index >= 15 is 0 Å². The van der Waals surface area contributed by atoms with Gasteiger partial charge in [0.25, 0.3) is 0 Å². The molecular weight excluding hydrogens is 232 g/mol. The third kappa shape index (κ3) is 2.10. The zero-order valence-corrected chi connectivity index (χ0v) is 10.3. The Morgan fingerprint density at radius 2 is 2.00 bits per heavy atom. The highest BCUT2D eigenvalue weighted by Crippen LogP contribution is 2.37. The Bertz CT molecular complexity index is 434. The van der Waals surface area contributed by atoms with Gasteiger partial charge in [-0.3, -0.25) is 4.79 Å². The second-order valence-corrected chi connectivity index (χ2v) is 4.95. The molecule has 2 unspecified atom stereocenters. The molecule has 0 N–H and O–H groups in total. The number of aromatic nitrogens is 2. The molecule has 0 aliphatic carbocycles. The molecule has 5 heteroatoms. The first-order chi connectivity index (χ1) is 8.76. The molecular formula is C13H16N2O3. The van der Waals surface area contributed by atoms with Gasteiger partial charge in [0, 0.05) is 12.0 Å². The third-order valence-corrected chi connectivity index (χ3v) is 3.76. The fraction of sp³-hybridized carbons (Fsp3) is 0.615. The van der Waals surface area contributed by atoms with Gasteiger partial charge in [-0.1, -0.05) is 0 Å². The molecule has 96 valence electrons. The summed E-state index contributed by atoms with van der Waals surface area (Å²) < 4.78 is 10.7. The highest BCUT2D eigenvalue weighted by atomic mass is 16.5. The van der Waals surface area contributed by atoms with E-state index < -0.39 is 0 Å². The summed E-state index contributed by atoms with van der Waals surface area (Å²) >= 11 is 0. The smallest absolute Gasteiger partial charge is 0.233 e. The zero-order chi connectivity index (χ0) is 12.5. The van der Waals surface area contributed by atoms with Crippen LogP contribution in [0.15, 0.2) is 12.1 Å². The first-order valence-corrected chi connectivity index (χ1v) is 6.33. The van der Waals surface area contributed by atoms with Gasteiger partial charge in [-0.25, -0.2) is 0 Å². The van der Waals surface area contributed by atoms with Crippen LogP contribution in [-0.4, -0.2) is 35.3 Å². The van der Waals surface area contributed by atoms with E-state index in [0.717, 1.165) is 25.7 Å². The molecule has 1 aromatic heterocycles. The number of nitrogens with zero attached hydrogens (tertiary/aromatic N) is 2. The summed E-state index contributed by atoms with van der Waals surface area (Å²) in [5, 5.41) is 7.77. The molecule has 0 aromatic carbocycles. The summed E-state index contributed by atoms with van der Waals surface area (Å²) in [6.45, 7) is 0.